The molecule has 1 aliphatic rings. The Labute approximate surface area is 116 Å². The van der Waals surface area contributed by atoms with Gasteiger partial charge in [-0.3, -0.25) is 0 Å². The van der Waals surface area contributed by atoms with E-state index in [-0.39, 0.29) is 0 Å². The highest BCUT2D eigenvalue weighted by atomic mass is 15.5. The van der Waals surface area contributed by atoms with Crippen molar-refractivity contribution in [2.75, 3.05) is 0 Å². The van der Waals surface area contributed by atoms with Crippen molar-refractivity contribution < 1.29 is 0 Å². The van der Waals surface area contributed by atoms with Gasteiger partial charge < -0.3 is 0 Å². The zero-order valence-electron chi connectivity index (χ0n) is 12.2. The molecule has 0 N–H and O–H groups in total. The quantitative estimate of drug-likeness (QED) is 0.549. The van der Waals surface area contributed by atoms with Crippen LogP contribution >= 0.6 is 0 Å². The molecule has 1 radical (unpaired) electrons. The number of rotatable bonds is 8. The minimum absolute atomic E-state index is 0.934. The van der Waals surface area contributed by atoms with Gasteiger partial charge in [-0.05, 0) is 42.2 Å². The van der Waals surface area contributed by atoms with E-state index >= 15 is 0 Å². The molecule has 0 aromatic heterocycles. The van der Waals surface area contributed by atoms with Crippen molar-refractivity contribution in [1.82, 2.24) is 5.43 Å². The topological polar surface area (TPSA) is 38.8 Å². The van der Waals surface area contributed by atoms with Gasteiger partial charge in [0.15, 0.2) is 0 Å². The Morgan fingerprint density at radius 3 is 2.47 bits per heavy atom. The Morgan fingerprint density at radius 1 is 0.947 bits per heavy atom. The standard InChI is InChI=1S/C16H24N3/c1-3-4-5-6-7-8-9-10-14-13(2)11-12-15-16(14)18-19-17-15/h11-12H,3-10H2,1-2H3. The van der Waals surface area contributed by atoms with Crippen LogP contribution in [-0.4, -0.2) is 0 Å². The maximum Gasteiger partial charge on any atom is 0.118 e. The van der Waals surface area contributed by atoms with E-state index in [4.69, 9.17) is 0 Å². The van der Waals surface area contributed by atoms with Crippen LogP contribution in [0.25, 0.3) is 0 Å². The normalized spacial score (nSPS) is 12.5. The molecule has 1 aromatic rings. The lowest BCUT2D eigenvalue weighted by atomic mass is 9.98. The average Bonchev–Trinajstić information content (AvgIpc) is 2.88. The summed E-state index contributed by atoms with van der Waals surface area (Å²) in [5.74, 6) is 0. The van der Waals surface area contributed by atoms with E-state index in [1.165, 1.54) is 56.1 Å². The molecule has 2 rings (SSSR count). The van der Waals surface area contributed by atoms with Gasteiger partial charge >= 0.3 is 0 Å². The third kappa shape index (κ3) is 3.79. The number of nitrogens with zero attached hydrogens (tertiary/aromatic N) is 3. The van der Waals surface area contributed by atoms with E-state index in [0.29, 0.717) is 0 Å². The van der Waals surface area contributed by atoms with Crippen molar-refractivity contribution in [2.24, 2.45) is 10.3 Å². The molecule has 103 valence electrons. The molecule has 0 saturated heterocycles. The molecule has 3 nitrogen and oxygen atoms in total. The van der Waals surface area contributed by atoms with Crippen molar-refractivity contribution >= 4 is 11.4 Å². The zero-order chi connectivity index (χ0) is 13.5. The van der Waals surface area contributed by atoms with Gasteiger partial charge in [0.05, 0.1) is 0 Å². The van der Waals surface area contributed by atoms with Crippen molar-refractivity contribution in [3.63, 3.8) is 0 Å². The first-order chi connectivity index (χ1) is 9.33. The Bertz CT molecular complexity index is 438. The fraction of sp³-hybridized carbons (Fsp3) is 0.625. The van der Waals surface area contributed by atoms with Crippen LogP contribution in [-0.2, 0) is 6.42 Å². The van der Waals surface area contributed by atoms with Gasteiger partial charge in [0, 0.05) is 0 Å². The molecule has 0 atom stereocenters. The molecule has 3 heteroatoms. The first-order valence-corrected chi connectivity index (χ1v) is 7.57. The average molecular weight is 258 g/mol. The molecule has 1 heterocycles. The molecule has 0 amide bonds. The summed E-state index contributed by atoms with van der Waals surface area (Å²) >= 11 is 0. The molecule has 1 aliphatic heterocycles. The molecule has 0 unspecified atom stereocenters. The summed E-state index contributed by atoms with van der Waals surface area (Å²) in [6.07, 6.45) is 10.5. The fourth-order valence-electron chi connectivity index (χ4n) is 2.61. The fourth-order valence-corrected chi connectivity index (χ4v) is 2.61. The zero-order valence-corrected chi connectivity index (χ0v) is 12.2. The third-order valence-electron chi connectivity index (χ3n) is 3.82. The predicted octanol–water partition coefficient (Wildman–Crippen LogP) is 5.54. The molecule has 0 fully saturated rings. The lowest BCUT2D eigenvalue weighted by Gasteiger charge is -2.08. The maximum absolute atomic E-state index is 4.16. The minimum atomic E-state index is 0.934. The summed E-state index contributed by atoms with van der Waals surface area (Å²) in [5, 5.41) is 7.94. The second kappa shape index (κ2) is 7.27. The smallest absolute Gasteiger partial charge is 0.118 e. The highest BCUT2D eigenvalue weighted by Crippen LogP contribution is 2.36. The van der Waals surface area contributed by atoms with Gasteiger partial charge in [-0.1, -0.05) is 51.5 Å². The first kappa shape index (κ1) is 14.0. The highest BCUT2D eigenvalue weighted by Gasteiger charge is 2.15. The van der Waals surface area contributed by atoms with Crippen molar-refractivity contribution in [3.8, 4) is 0 Å². The van der Waals surface area contributed by atoms with Crippen LogP contribution in [0.5, 0.6) is 0 Å². The van der Waals surface area contributed by atoms with Crippen LogP contribution < -0.4 is 5.43 Å². The van der Waals surface area contributed by atoms with E-state index in [1.807, 2.05) is 6.07 Å². The molecular formula is C16H24N3. The molecule has 0 aliphatic carbocycles. The van der Waals surface area contributed by atoms with E-state index < -0.39 is 0 Å². The Kier molecular flexibility index (Phi) is 5.37. The summed E-state index contributed by atoms with van der Waals surface area (Å²) in [4.78, 5) is 0. The van der Waals surface area contributed by atoms with E-state index in [1.54, 1.807) is 0 Å². The maximum atomic E-state index is 4.16. The molecule has 19 heavy (non-hydrogen) atoms. The molecule has 0 bridgehead atoms. The largest absolute Gasteiger partial charge is 0.128 e. The predicted molar refractivity (Wildman–Crippen MR) is 79.2 cm³/mol. The second-order valence-electron chi connectivity index (χ2n) is 5.39. The van der Waals surface area contributed by atoms with Crippen LogP contribution in [0, 0.1) is 6.92 Å². The SMILES string of the molecule is CCCCCCCCCc1c(C)ccc2c1N=N[N]2. The van der Waals surface area contributed by atoms with Crippen LogP contribution in [0.1, 0.15) is 63.0 Å². The van der Waals surface area contributed by atoms with Crippen molar-refractivity contribution in [2.45, 2.75) is 65.2 Å². The first-order valence-electron chi connectivity index (χ1n) is 7.57. The van der Waals surface area contributed by atoms with Crippen LogP contribution in [0.15, 0.2) is 22.5 Å². The van der Waals surface area contributed by atoms with Crippen molar-refractivity contribution in [3.05, 3.63) is 23.3 Å². The summed E-state index contributed by atoms with van der Waals surface area (Å²) in [6, 6.07) is 4.15. The van der Waals surface area contributed by atoms with Crippen molar-refractivity contribution in [1.29, 1.82) is 0 Å². The van der Waals surface area contributed by atoms with Crippen LogP contribution in [0.4, 0.5) is 11.4 Å². The van der Waals surface area contributed by atoms with Gasteiger partial charge in [-0.2, -0.15) is 0 Å². The molecule has 1 aromatic carbocycles. The number of unbranched alkanes of at least 4 members (excludes halogenated alkanes) is 6. The van der Waals surface area contributed by atoms with Gasteiger partial charge in [0.25, 0.3) is 0 Å². The monoisotopic (exact) mass is 258 g/mol. The number of fused-ring (bicyclic) bond motifs is 1. The second-order valence-corrected chi connectivity index (χ2v) is 5.39. The summed E-state index contributed by atoms with van der Waals surface area (Å²) < 4.78 is 0. The number of hydrogen-bond acceptors (Lipinski definition) is 2. The van der Waals surface area contributed by atoms with E-state index in [2.05, 4.69) is 35.7 Å². The lowest BCUT2D eigenvalue weighted by molar-refractivity contribution is 0.589. The van der Waals surface area contributed by atoms with Gasteiger partial charge in [-0.25, -0.2) is 0 Å². The van der Waals surface area contributed by atoms with Crippen LogP contribution in [0.3, 0.4) is 0 Å². The van der Waals surface area contributed by atoms with Crippen LogP contribution in [0.2, 0.25) is 0 Å². The van der Waals surface area contributed by atoms with Gasteiger partial charge in [0.1, 0.15) is 11.4 Å². The molecular weight excluding hydrogens is 234 g/mol. The number of aryl methyl sites for hydroxylation is 1. The molecule has 0 saturated carbocycles. The summed E-state index contributed by atoms with van der Waals surface area (Å²) in [7, 11) is 0. The van der Waals surface area contributed by atoms with E-state index in [0.717, 1.165) is 17.8 Å². The number of benzene rings is 1. The Morgan fingerprint density at radius 2 is 1.68 bits per heavy atom. The molecule has 0 spiro atoms. The summed E-state index contributed by atoms with van der Waals surface area (Å²) in [6.45, 7) is 4.42. The lowest BCUT2D eigenvalue weighted by Crippen LogP contribution is -1.92. The Balaban J connectivity index is 1.77. The number of hydrogen-bond donors (Lipinski definition) is 0. The van der Waals surface area contributed by atoms with E-state index in [9.17, 15) is 0 Å². The minimum Gasteiger partial charge on any atom is -0.128 e. The third-order valence-corrected chi connectivity index (χ3v) is 3.82. The highest BCUT2D eigenvalue weighted by molar-refractivity contribution is 5.68. The Hall–Kier alpha value is -1.38. The summed E-state index contributed by atoms with van der Waals surface area (Å²) in [5.41, 5.74) is 8.64. The van der Waals surface area contributed by atoms with Gasteiger partial charge in [-0.15, -0.1) is 10.5 Å². The van der Waals surface area contributed by atoms with Gasteiger partial charge in [0.2, 0.25) is 0 Å².